The fourth-order valence-electron chi connectivity index (χ4n) is 3.19. The van der Waals surface area contributed by atoms with Crippen molar-refractivity contribution < 1.29 is 13.2 Å². The van der Waals surface area contributed by atoms with E-state index in [1.54, 1.807) is 0 Å². The zero-order chi connectivity index (χ0) is 18.7. The average Bonchev–Trinajstić information content (AvgIpc) is 3.21. The zero-order valence-corrected chi connectivity index (χ0v) is 16.2. The third kappa shape index (κ3) is 4.70. The van der Waals surface area contributed by atoms with Crippen LogP contribution >= 0.6 is 11.3 Å². The molecule has 0 radical (unpaired) electrons. The molecule has 8 heteroatoms. The number of nitrogens with zero attached hydrogens (tertiary/aromatic N) is 1. The van der Waals surface area contributed by atoms with E-state index in [-0.39, 0.29) is 17.9 Å². The second-order valence-corrected chi connectivity index (χ2v) is 9.57. The van der Waals surface area contributed by atoms with Gasteiger partial charge in [-0.3, -0.25) is 4.79 Å². The predicted molar refractivity (Wildman–Crippen MR) is 104 cm³/mol. The quantitative estimate of drug-likeness (QED) is 0.776. The van der Waals surface area contributed by atoms with Gasteiger partial charge < -0.3 is 10.6 Å². The number of rotatable bonds is 6. The van der Waals surface area contributed by atoms with Gasteiger partial charge in [-0.25, -0.2) is 13.1 Å². The van der Waals surface area contributed by atoms with Crippen LogP contribution in [0.4, 0.5) is 0 Å². The summed E-state index contributed by atoms with van der Waals surface area (Å²) in [4.78, 5) is 16.2. The van der Waals surface area contributed by atoms with Crippen LogP contribution in [0.1, 0.15) is 26.0 Å². The lowest BCUT2D eigenvalue weighted by Gasteiger charge is -2.15. The molecule has 1 fully saturated rings. The van der Waals surface area contributed by atoms with Crippen LogP contribution in [0.15, 0.2) is 42.5 Å². The van der Waals surface area contributed by atoms with Gasteiger partial charge in [-0.2, -0.15) is 0 Å². The monoisotopic (exact) mass is 393 g/mol. The fraction of sp³-hybridized carbons (Fsp3) is 0.389. The molecule has 1 aliphatic heterocycles. The molecule has 140 valence electrons. The average molecular weight is 394 g/mol. The molecule has 0 unspecified atom stereocenters. The molecular weight excluding hydrogens is 370 g/mol. The van der Waals surface area contributed by atoms with E-state index < -0.39 is 10.0 Å². The van der Waals surface area contributed by atoms with Crippen LogP contribution in [0.2, 0.25) is 0 Å². The number of hydrogen-bond donors (Lipinski definition) is 2. The first-order valence-electron chi connectivity index (χ1n) is 8.46. The molecule has 0 aliphatic carbocycles. The topological polar surface area (TPSA) is 92.5 Å². The highest BCUT2D eigenvalue weighted by Gasteiger charge is 2.34. The highest BCUT2D eigenvalue weighted by molar-refractivity contribution is 7.88. The van der Waals surface area contributed by atoms with Crippen molar-refractivity contribution >= 4 is 27.3 Å². The Kier molecular flexibility index (Phi) is 5.76. The molecule has 0 spiro atoms. The summed E-state index contributed by atoms with van der Waals surface area (Å²) in [6, 6.07) is 13.7. The third-order valence-electron chi connectivity index (χ3n) is 4.49. The number of nitrogens with one attached hydrogen (secondary N) is 1. The van der Waals surface area contributed by atoms with Gasteiger partial charge in [-0.05, 0) is 24.1 Å². The number of carbonyl (C=O) groups is 1. The van der Waals surface area contributed by atoms with E-state index in [2.05, 4.69) is 16.9 Å². The molecule has 0 bridgehead atoms. The Morgan fingerprint density at radius 2 is 1.96 bits per heavy atom. The second-order valence-electron chi connectivity index (χ2n) is 6.57. The standard InChI is InChI=1S/C18H23N3O3S2/c1-26(23,24)20-10-9-14-7-8-17(25-14)18(22)21-11-15(16(19)12-21)13-5-3-2-4-6-13/h2-8,15-16,20H,9-12,19H2,1H3/t15-,16+/m0/s1. The summed E-state index contributed by atoms with van der Waals surface area (Å²) < 4.78 is 24.7. The Labute approximate surface area is 158 Å². The van der Waals surface area contributed by atoms with Crippen molar-refractivity contribution in [2.24, 2.45) is 5.73 Å². The van der Waals surface area contributed by atoms with Crippen molar-refractivity contribution in [3.05, 3.63) is 57.8 Å². The molecule has 6 nitrogen and oxygen atoms in total. The normalized spacial score (nSPS) is 20.5. The largest absolute Gasteiger partial charge is 0.336 e. The van der Waals surface area contributed by atoms with Gasteiger partial charge >= 0.3 is 0 Å². The van der Waals surface area contributed by atoms with Crippen LogP contribution in [0, 0.1) is 0 Å². The van der Waals surface area contributed by atoms with E-state index in [0.29, 0.717) is 30.9 Å². The van der Waals surface area contributed by atoms with Gasteiger partial charge in [0.25, 0.3) is 5.91 Å². The molecule has 2 aromatic rings. The molecule has 3 N–H and O–H groups in total. The van der Waals surface area contributed by atoms with E-state index in [4.69, 9.17) is 5.73 Å². The van der Waals surface area contributed by atoms with Crippen molar-refractivity contribution in [1.29, 1.82) is 0 Å². The Morgan fingerprint density at radius 1 is 1.23 bits per heavy atom. The molecule has 26 heavy (non-hydrogen) atoms. The molecule has 2 atom stereocenters. The van der Waals surface area contributed by atoms with Gasteiger partial charge in [0.15, 0.2) is 0 Å². The van der Waals surface area contributed by atoms with E-state index in [9.17, 15) is 13.2 Å². The number of sulfonamides is 1. The molecular formula is C18H23N3O3S2. The Hall–Kier alpha value is -1.74. The maximum atomic E-state index is 12.8. The van der Waals surface area contributed by atoms with Gasteiger partial charge in [0, 0.05) is 36.5 Å². The van der Waals surface area contributed by atoms with Crippen LogP contribution < -0.4 is 10.5 Å². The molecule has 1 aliphatic rings. The Balaban J connectivity index is 1.61. The maximum absolute atomic E-state index is 12.8. The molecule has 3 rings (SSSR count). The number of thiophene rings is 1. The summed E-state index contributed by atoms with van der Waals surface area (Å²) in [5.74, 6) is 0.143. The van der Waals surface area contributed by atoms with E-state index >= 15 is 0 Å². The molecule has 1 amide bonds. The van der Waals surface area contributed by atoms with Gasteiger partial charge in [-0.15, -0.1) is 11.3 Å². The lowest BCUT2D eigenvalue weighted by atomic mass is 9.95. The first-order valence-corrected chi connectivity index (χ1v) is 11.2. The van der Waals surface area contributed by atoms with E-state index in [1.807, 2.05) is 35.2 Å². The second kappa shape index (κ2) is 7.87. The maximum Gasteiger partial charge on any atom is 0.264 e. The van der Waals surface area contributed by atoms with Gasteiger partial charge in [0.05, 0.1) is 11.1 Å². The van der Waals surface area contributed by atoms with Crippen LogP contribution in [-0.2, 0) is 16.4 Å². The summed E-state index contributed by atoms with van der Waals surface area (Å²) in [5, 5.41) is 0. The summed E-state index contributed by atoms with van der Waals surface area (Å²) in [6.45, 7) is 1.49. The van der Waals surface area contributed by atoms with Crippen molar-refractivity contribution in [2.45, 2.75) is 18.4 Å². The van der Waals surface area contributed by atoms with Crippen molar-refractivity contribution in [2.75, 3.05) is 25.9 Å². The van der Waals surface area contributed by atoms with Crippen molar-refractivity contribution in [3.63, 3.8) is 0 Å². The lowest BCUT2D eigenvalue weighted by Crippen LogP contribution is -2.31. The van der Waals surface area contributed by atoms with Gasteiger partial charge in [0.1, 0.15) is 0 Å². The summed E-state index contributed by atoms with van der Waals surface area (Å²) in [7, 11) is -3.19. The number of likely N-dealkylation sites (tertiary alicyclic amines) is 1. The minimum absolute atomic E-state index is 0.00815. The summed E-state index contributed by atoms with van der Waals surface area (Å²) in [6.07, 6.45) is 1.70. The smallest absolute Gasteiger partial charge is 0.264 e. The number of nitrogens with two attached hydrogens (primary N) is 1. The first kappa shape index (κ1) is 19.0. The van der Waals surface area contributed by atoms with Crippen LogP contribution in [0.25, 0.3) is 0 Å². The Bertz CT molecular complexity index is 865. The number of carbonyl (C=O) groups excluding carboxylic acids is 1. The number of amides is 1. The third-order valence-corrected chi connectivity index (χ3v) is 6.35. The van der Waals surface area contributed by atoms with Crippen LogP contribution in [0.5, 0.6) is 0 Å². The predicted octanol–water partition coefficient (Wildman–Crippen LogP) is 1.41. The Morgan fingerprint density at radius 3 is 2.65 bits per heavy atom. The van der Waals surface area contributed by atoms with Crippen molar-refractivity contribution in [3.8, 4) is 0 Å². The minimum atomic E-state index is -3.19. The van der Waals surface area contributed by atoms with Crippen molar-refractivity contribution in [1.82, 2.24) is 9.62 Å². The molecule has 0 saturated carbocycles. The number of hydrogen-bond acceptors (Lipinski definition) is 5. The van der Waals surface area contributed by atoms with Gasteiger partial charge in [-0.1, -0.05) is 30.3 Å². The van der Waals surface area contributed by atoms with Crippen LogP contribution in [0.3, 0.4) is 0 Å². The van der Waals surface area contributed by atoms with E-state index in [0.717, 1.165) is 16.7 Å². The molecule has 1 aromatic heterocycles. The first-order chi connectivity index (χ1) is 12.3. The van der Waals surface area contributed by atoms with Gasteiger partial charge in [0.2, 0.25) is 10.0 Å². The fourth-order valence-corrected chi connectivity index (χ4v) is 4.64. The zero-order valence-electron chi connectivity index (χ0n) is 14.6. The molecule has 2 heterocycles. The van der Waals surface area contributed by atoms with E-state index in [1.165, 1.54) is 11.3 Å². The molecule has 1 saturated heterocycles. The molecule has 1 aromatic carbocycles. The summed E-state index contributed by atoms with van der Waals surface area (Å²) in [5.41, 5.74) is 7.43. The number of benzene rings is 1. The highest BCUT2D eigenvalue weighted by atomic mass is 32.2. The van der Waals surface area contributed by atoms with Crippen LogP contribution in [-0.4, -0.2) is 51.2 Å². The lowest BCUT2D eigenvalue weighted by molar-refractivity contribution is 0.0794. The highest BCUT2D eigenvalue weighted by Crippen LogP contribution is 2.28. The minimum Gasteiger partial charge on any atom is -0.336 e. The SMILES string of the molecule is CS(=O)(=O)NCCc1ccc(C(=O)N2C[C@@H](N)[C@H](c3ccccc3)C2)s1. The summed E-state index contributed by atoms with van der Waals surface area (Å²) >= 11 is 1.41.